The van der Waals surface area contributed by atoms with Crippen LogP contribution in [0.2, 0.25) is 0 Å². The molecule has 1 aliphatic rings. The molecule has 0 spiro atoms. The summed E-state index contributed by atoms with van der Waals surface area (Å²) in [6, 6.07) is 8.55. The van der Waals surface area contributed by atoms with Gasteiger partial charge in [0.15, 0.2) is 0 Å². The molecule has 4 nitrogen and oxygen atoms in total. The Kier molecular flexibility index (Phi) is 4.43. The largest absolute Gasteiger partial charge is 0.382 e. The molecule has 0 bridgehead atoms. The van der Waals surface area contributed by atoms with Crippen molar-refractivity contribution >= 4 is 11.6 Å². The van der Waals surface area contributed by atoms with E-state index in [9.17, 15) is 4.79 Å². The van der Waals surface area contributed by atoms with Gasteiger partial charge in [-0.3, -0.25) is 4.79 Å². The van der Waals surface area contributed by atoms with Crippen LogP contribution in [0.1, 0.15) is 37.0 Å². The second-order valence-electron chi connectivity index (χ2n) is 5.49. The summed E-state index contributed by atoms with van der Waals surface area (Å²) in [7, 11) is 0. The lowest BCUT2D eigenvalue weighted by Crippen LogP contribution is -2.42. The van der Waals surface area contributed by atoms with E-state index in [1.54, 1.807) is 12.1 Å². The minimum atomic E-state index is -0.378. The monoisotopic (exact) mass is 261 g/mol. The van der Waals surface area contributed by atoms with Crippen molar-refractivity contribution in [3.8, 4) is 0 Å². The van der Waals surface area contributed by atoms with Gasteiger partial charge in [-0.25, -0.2) is 0 Å². The molecule has 3 N–H and O–H groups in total. The molecule has 0 unspecified atom stereocenters. The van der Waals surface area contributed by atoms with E-state index in [0.717, 1.165) is 31.6 Å². The van der Waals surface area contributed by atoms with Crippen LogP contribution >= 0.6 is 0 Å². The molecule has 0 aliphatic carbocycles. The zero-order chi connectivity index (χ0) is 13.8. The lowest BCUT2D eigenvalue weighted by Gasteiger charge is -2.35. The molecule has 1 aromatic carbocycles. The van der Waals surface area contributed by atoms with E-state index in [2.05, 4.69) is 24.1 Å². The molecule has 1 aromatic rings. The lowest BCUT2D eigenvalue weighted by atomic mass is 10.0. The van der Waals surface area contributed by atoms with Gasteiger partial charge in [0.25, 0.3) is 0 Å². The summed E-state index contributed by atoms with van der Waals surface area (Å²) < 4.78 is 0. The highest BCUT2D eigenvalue weighted by Crippen LogP contribution is 2.18. The number of rotatable bonds is 4. The van der Waals surface area contributed by atoms with Crippen LogP contribution in [0.5, 0.6) is 0 Å². The van der Waals surface area contributed by atoms with E-state index in [1.807, 2.05) is 12.1 Å². The van der Waals surface area contributed by atoms with Crippen molar-refractivity contribution in [2.75, 3.05) is 18.4 Å². The van der Waals surface area contributed by atoms with E-state index < -0.39 is 0 Å². The Morgan fingerprint density at radius 2 is 1.84 bits per heavy atom. The Morgan fingerprint density at radius 1 is 1.26 bits per heavy atom. The van der Waals surface area contributed by atoms with Gasteiger partial charge in [-0.2, -0.15) is 0 Å². The Bertz CT molecular complexity index is 420. The SMILES string of the molecule is CC(C)N1CCC(Nc2ccc(C(N)=O)cc2)CC1. The Balaban J connectivity index is 1.87. The van der Waals surface area contributed by atoms with E-state index in [1.165, 1.54) is 0 Å². The van der Waals surface area contributed by atoms with Gasteiger partial charge in [0.2, 0.25) is 5.91 Å². The van der Waals surface area contributed by atoms with Gasteiger partial charge >= 0.3 is 0 Å². The number of nitrogens with two attached hydrogens (primary N) is 1. The van der Waals surface area contributed by atoms with Gasteiger partial charge in [-0.05, 0) is 51.0 Å². The fourth-order valence-electron chi connectivity index (χ4n) is 2.53. The number of amides is 1. The number of likely N-dealkylation sites (tertiary alicyclic amines) is 1. The lowest BCUT2D eigenvalue weighted by molar-refractivity contribution is 0.100. The van der Waals surface area contributed by atoms with Crippen molar-refractivity contribution in [1.82, 2.24) is 4.90 Å². The molecule has 0 radical (unpaired) electrons. The summed E-state index contributed by atoms with van der Waals surface area (Å²) in [5.74, 6) is -0.378. The van der Waals surface area contributed by atoms with Gasteiger partial charge < -0.3 is 16.0 Å². The maximum atomic E-state index is 11.0. The first-order chi connectivity index (χ1) is 9.06. The number of benzene rings is 1. The molecule has 104 valence electrons. The molecule has 1 aliphatic heterocycles. The molecule has 0 atom stereocenters. The first-order valence-electron chi connectivity index (χ1n) is 6.96. The third-order valence-electron chi connectivity index (χ3n) is 3.80. The predicted molar refractivity (Wildman–Crippen MR) is 78.3 cm³/mol. The van der Waals surface area contributed by atoms with Crippen molar-refractivity contribution in [2.45, 2.75) is 38.8 Å². The molecular formula is C15H23N3O. The third-order valence-corrected chi connectivity index (χ3v) is 3.80. The normalized spacial score (nSPS) is 17.6. The minimum absolute atomic E-state index is 0.378. The number of primary amides is 1. The molecular weight excluding hydrogens is 238 g/mol. The van der Waals surface area contributed by atoms with E-state index in [0.29, 0.717) is 17.6 Å². The van der Waals surface area contributed by atoms with Gasteiger partial charge in [-0.15, -0.1) is 0 Å². The molecule has 2 rings (SSSR count). The van der Waals surface area contributed by atoms with Gasteiger partial charge in [-0.1, -0.05) is 0 Å². The smallest absolute Gasteiger partial charge is 0.248 e. The van der Waals surface area contributed by atoms with Crippen LogP contribution < -0.4 is 11.1 Å². The number of carbonyl (C=O) groups is 1. The topological polar surface area (TPSA) is 58.4 Å². The van der Waals surface area contributed by atoms with Crippen molar-refractivity contribution in [3.63, 3.8) is 0 Å². The average Bonchev–Trinajstić information content (AvgIpc) is 2.40. The summed E-state index contributed by atoms with van der Waals surface area (Å²) >= 11 is 0. The quantitative estimate of drug-likeness (QED) is 0.872. The van der Waals surface area contributed by atoms with Crippen molar-refractivity contribution in [2.24, 2.45) is 5.73 Å². The summed E-state index contributed by atoms with van der Waals surface area (Å²) in [4.78, 5) is 13.5. The molecule has 4 heteroatoms. The zero-order valence-electron chi connectivity index (χ0n) is 11.7. The standard InChI is InChI=1S/C15H23N3O/c1-11(2)18-9-7-14(8-10-18)17-13-5-3-12(4-6-13)15(16)19/h3-6,11,14,17H,7-10H2,1-2H3,(H2,16,19). The summed E-state index contributed by atoms with van der Waals surface area (Å²) in [6.45, 7) is 6.79. The maximum Gasteiger partial charge on any atom is 0.248 e. The van der Waals surface area contributed by atoms with Crippen LogP contribution in [0.15, 0.2) is 24.3 Å². The van der Waals surface area contributed by atoms with Crippen LogP contribution in [-0.4, -0.2) is 36.0 Å². The number of hydrogen-bond acceptors (Lipinski definition) is 3. The van der Waals surface area contributed by atoms with Crippen LogP contribution in [-0.2, 0) is 0 Å². The molecule has 1 fully saturated rings. The highest BCUT2D eigenvalue weighted by molar-refractivity contribution is 5.93. The van der Waals surface area contributed by atoms with Crippen molar-refractivity contribution in [3.05, 3.63) is 29.8 Å². The van der Waals surface area contributed by atoms with Crippen LogP contribution in [0.3, 0.4) is 0 Å². The van der Waals surface area contributed by atoms with Crippen LogP contribution in [0, 0.1) is 0 Å². The van der Waals surface area contributed by atoms with Crippen molar-refractivity contribution in [1.29, 1.82) is 0 Å². The Labute approximate surface area is 115 Å². The molecule has 1 heterocycles. The summed E-state index contributed by atoms with van der Waals surface area (Å²) in [5.41, 5.74) is 6.85. The van der Waals surface area contributed by atoms with E-state index in [-0.39, 0.29) is 5.91 Å². The molecule has 0 aromatic heterocycles. The number of hydrogen-bond donors (Lipinski definition) is 2. The van der Waals surface area contributed by atoms with Gasteiger partial charge in [0.05, 0.1) is 0 Å². The molecule has 1 amide bonds. The van der Waals surface area contributed by atoms with Crippen LogP contribution in [0.25, 0.3) is 0 Å². The maximum absolute atomic E-state index is 11.0. The first kappa shape index (κ1) is 13.9. The average molecular weight is 261 g/mol. The molecule has 19 heavy (non-hydrogen) atoms. The van der Waals surface area contributed by atoms with Gasteiger partial charge in [0.1, 0.15) is 0 Å². The fourth-order valence-corrected chi connectivity index (χ4v) is 2.53. The number of carbonyl (C=O) groups excluding carboxylic acids is 1. The Hall–Kier alpha value is -1.55. The fraction of sp³-hybridized carbons (Fsp3) is 0.533. The number of nitrogens with zero attached hydrogens (tertiary/aromatic N) is 1. The van der Waals surface area contributed by atoms with Crippen molar-refractivity contribution < 1.29 is 4.79 Å². The minimum Gasteiger partial charge on any atom is -0.382 e. The first-order valence-corrected chi connectivity index (χ1v) is 6.96. The second-order valence-corrected chi connectivity index (χ2v) is 5.49. The third kappa shape index (κ3) is 3.70. The summed E-state index contributed by atoms with van der Waals surface area (Å²) in [5, 5.41) is 3.53. The zero-order valence-corrected chi connectivity index (χ0v) is 11.7. The number of piperidine rings is 1. The number of nitrogens with one attached hydrogen (secondary N) is 1. The highest BCUT2D eigenvalue weighted by atomic mass is 16.1. The molecule has 1 saturated heterocycles. The highest BCUT2D eigenvalue weighted by Gasteiger charge is 2.20. The van der Waals surface area contributed by atoms with Crippen LogP contribution in [0.4, 0.5) is 5.69 Å². The number of anilines is 1. The van der Waals surface area contributed by atoms with Gasteiger partial charge in [0, 0.05) is 36.4 Å². The predicted octanol–water partition coefficient (Wildman–Crippen LogP) is 2.07. The van der Waals surface area contributed by atoms with E-state index >= 15 is 0 Å². The summed E-state index contributed by atoms with van der Waals surface area (Å²) in [6.07, 6.45) is 2.32. The Morgan fingerprint density at radius 3 is 2.32 bits per heavy atom. The second kappa shape index (κ2) is 6.06. The molecule has 0 saturated carbocycles. The van der Waals surface area contributed by atoms with E-state index in [4.69, 9.17) is 5.73 Å².